The SMILES string of the molecule is COC(=O)C(OC)c1ccc(OS(=O)(=O)c2ccc(C)cc2)cc1. The van der Waals surface area contributed by atoms with Crippen LogP contribution in [-0.2, 0) is 24.4 Å². The van der Waals surface area contributed by atoms with Crippen molar-refractivity contribution >= 4 is 16.1 Å². The van der Waals surface area contributed by atoms with Crippen LogP contribution >= 0.6 is 0 Å². The molecule has 6 nitrogen and oxygen atoms in total. The second-order valence-corrected chi connectivity index (χ2v) is 6.60. The number of carbonyl (C=O) groups is 1. The van der Waals surface area contributed by atoms with E-state index in [1.807, 2.05) is 6.92 Å². The zero-order chi connectivity index (χ0) is 17.7. The number of hydrogen-bond acceptors (Lipinski definition) is 6. The van der Waals surface area contributed by atoms with Crippen LogP contribution in [0.2, 0.25) is 0 Å². The summed E-state index contributed by atoms with van der Waals surface area (Å²) in [6.45, 7) is 1.86. The van der Waals surface area contributed by atoms with Crippen LogP contribution in [0, 0.1) is 6.92 Å². The first-order chi connectivity index (χ1) is 11.4. The van der Waals surface area contributed by atoms with E-state index in [-0.39, 0.29) is 10.6 Å². The van der Waals surface area contributed by atoms with Gasteiger partial charge in [0.05, 0.1) is 7.11 Å². The van der Waals surface area contributed by atoms with E-state index in [0.717, 1.165) is 5.56 Å². The third-order valence-corrected chi connectivity index (χ3v) is 4.61. The molecule has 0 N–H and O–H groups in total. The Labute approximate surface area is 141 Å². The van der Waals surface area contributed by atoms with Crippen LogP contribution < -0.4 is 4.18 Å². The molecule has 1 unspecified atom stereocenters. The van der Waals surface area contributed by atoms with Crippen molar-refractivity contribution in [2.75, 3.05) is 14.2 Å². The summed E-state index contributed by atoms with van der Waals surface area (Å²) in [7, 11) is -1.27. The van der Waals surface area contributed by atoms with E-state index in [4.69, 9.17) is 8.92 Å². The van der Waals surface area contributed by atoms with Crippen LogP contribution in [0.25, 0.3) is 0 Å². The lowest BCUT2D eigenvalue weighted by molar-refractivity contribution is -0.152. The molecule has 0 saturated carbocycles. The third kappa shape index (κ3) is 4.12. The monoisotopic (exact) mass is 350 g/mol. The summed E-state index contributed by atoms with van der Waals surface area (Å²) < 4.78 is 39.3. The molecule has 0 amide bonds. The number of rotatable bonds is 6. The maximum atomic E-state index is 12.2. The van der Waals surface area contributed by atoms with Crippen LogP contribution in [-0.4, -0.2) is 28.6 Å². The molecule has 0 fully saturated rings. The highest BCUT2D eigenvalue weighted by atomic mass is 32.2. The van der Waals surface area contributed by atoms with Crippen LogP contribution in [0.1, 0.15) is 17.2 Å². The molecule has 0 aromatic heterocycles. The summed E-state index contributed by atoms with van der Waals surface area (Å²) in [5.74, 6) is -0.405. The van der Waals surface area contributed by atoms with Crippen molar-refractivity contribution in [2.24, 2.45) is 0 Å². The number of aryl methyl sites for hydroxylation is 1. The summed E-state index contributed by atoms with van der Waals surface area (Å²) >= 11 is 0. The van der Waals surface area contributed by atoms with E-state index in [1.165, 1.54) is 38.5 Å². The molecule has 7 heteroatoms. The summed E-state index contributed by atoms with van der Waals surface area (Å²) in [6, 6.07) is 12.4. The predicted molar refractivity (Wildman–Crippen MR) is 87.2 cm³/mol. The largest absolute Gasteiger partial charge is 0.467 e. The summed E-state index contributed by atoms with van der Waals surface area (Å²) in [6.07, 6.45) is -0.877. The van der Waals surface area contributed by atoms with Gasteiger partial charge in [-0.15, -0.1) is 0 Å². The standard InChI is InChI=1S/C17H18O6S/c1-12-4-10-15(11-5-12)24(19,20)23-14-8-6-13(7-9-14)16(21-2)17(18)22-3/h4-11,16H,1-3H3. The van der Waals surface area contributed by atoms with Gasteiger partial charge in [-0.25, -0.2) is 4.79 Å². The molecule has 2 aromatic carbocycles. The quantitative estimate of drug-likeness (QED) is 0.589. The molecule has 0 aliphatic carbocycles. The zero-order valence-electron chi connectivity index (χ0n) is 13.6. The van der Waals surface area contributed by atoms with Crippen molar-refractivity contribution in [3.05, 3.63) is 59.7 Å². The highest BCUT2D eigenvalue weighted by Gasteiger charge is 2.21. The lowest BCUT2D eigenvalue weighted by Gasteiger charge is -2.13. The van der Waals surface area contributed by atoms with E-state index in [1.54, 1.807) is 24.3 Å². The number of benzene rings is 2. The molecule has 0 radical (unpaired) electrons. The van der Waals surface area contributed by atoms with Crippen molar-refractivity contribution in [3.8, 4) is 5.75 Å². The Morgan fingerprint density at radius 3 is 2.04 bits per heavy atom. The van der Waals surface area contributed by atoms with Crippen molar-refractivity contribution in [1.29, 1.82) is 0 Å². The van der Waals surface area contributed by atoms with Gasteiger partial charge in [0.1, 0.15) is 10.6 Å². The Balaban J connectivity index is 2.19. The summed E-state index contributed by atoms with van der Waals surface area (Å²) in [4.78, 5) is 11.7. The van der Waals surface area contributed by atoms with Crippen LogP contribution in [0.4, 0.5) is 0 Å². The molecule has 0 spiro atoms. The molecule has 0 saturated heterocycles. The fraction of sp³-hybridized carbons (Fsp3) is 0.235. The van der Waals surface area contributed by atoms with E-state index < -0.39 is 22.2 Å². The van der Waals surface area contributed by atoms with Gasteiger partial charge in [0.2, 0.25) is 0 Å². The lowest BCUT2D eigenvalue weighted by atomic mass is 10.1. The Kier molecular flexibility index (Phi) is 5.58. The molecule has 1 atom stereocenters. The fourth-order valence-electron chi connectivity index (χ4n) is 2.05. The Bertz CT molecular complexity index is 794. The maximum absolute atomic E-state index is 12.2. The average Bonchev–Trinajstić information content (AvgIpc) is 2.57. The van der Waals surface area contributed by atoms with Crippen molar-refractivity contribution in [2.45, 2.75) is 17.9 Å². The van der Waals surface area contributed by atoms with E-state index in [0.29, 0.717) is 5.56 Å². The first kappa shape index (κ1) is 18.0. The molecule has 0 heterocycles. The second-order valence-electron chi connectivity index (χ2n) is 5.06. The Hall–Kier alpha value is -2.38. The zero-order valence-corrected chi connectivity index (χ0v) is 14.4. The number of methoxy groups -OCH3 is 2. The maximum Gasteiger partial charge on any atom is 0.339 e. The predicted octanol–water partition coefficient (Wildman–Crippen LogP) is 2.62. The van der Waals surface area contributed by atoms with Gasteiger partial charge >= 0.3 is 16.1 Å². The van der Waals surface area contributed by atoms with Crippen LogP contribution in [0.3, 0.4) is 0 Å². The number of hydrogen-bond donors (Lipinski definition) is 0. The molecule has 2 aromatic rings. The van der Waals surface area contributed by atoms with Crippen LogP contribution in [0.5, 0.6) is 5.75 Å². The molecular formula is C17H18O6S. The van der Waals surface area contributed by atoms with Gasteiger partial charge in [-0.2, -0.15) is 8.42 Å². The molecule has 0 aliphatic heterocycles. The van der Waals surface area contributed by atoms with Gasteiger partial charge in [0, 0.05) is 7.11 Å². The van der Waals surface area contributed by atoms with Gasteiger partial charge < -0.3 is 13.7 Å². The fourth-order valence-corrected chi connectivity index (χ4v) is 2.98. The minimum Gasteiger partial charge on any atom is -0.467 e. The van der Waals surface area contributed by atoms with Gasteiger partial charge in [0.25, 0.3) is 0 Å². The first-order valence-electron chi connectivity index (χ1n) is 7.09. The van der Waals surface area contributed by atoms with Crippen molar-refractivity contribution in [3.63, 3.8) is 0 Å². The van der Waals surface area contributed by atoms with E-state index in [9.17, 15) is 13.2 Å². The minimum atomic E-state index is -3.91. The van der Waals surface area contributed by atoms with Crippen molar-refractivity contribution in [1.82, 2.24) is 0 Å². The van der Waals surface area contributed by atoms with Gasteiger partial charge in [-0.3, -0.25) is 0 Å². The minimum absolute atomic E-state index is 0.0708. The molecule has 24 heavy (non-hydrogen) atoms. The van der Waals surface area contributed by atoms with Gasteiger partial charge in [-0.1, -0.05) is 29.8 Å². The highest BCUT2D eigenvalue weighted by Crippen LogP contribution is 2.24. The first-order valence-corrected chi connectivity index (χ1v) is 8.50. The third-order valence-electron chi connectivity index (χ3n) is 3.35. The summed E-state index contributed by atoms with van der Waals surface area (Å²) in [5, 5.41) is 0. The normalized spacial score (nSPS) is 12.5. The average molecular weight is 350 g/mol. The number of ether oxygens (including phenoxy) is 2. The highest BCUT2D eigenvalue weighted by molar-refractivity contribution is 7.87. The molecular weight excluding hydrogens is 332 g/mol. The Morgan fingerprint density at radius 1 is 0.958 bits per heavy atom. The summed E-state index contributed by atoms with van der Waals surface area (Å²) in [5.41, 5.74) is 1.48. The topological polar surface area (TPSA) is 78.9 Å². The molecule has 2 rings (SSSR count). The van der Waals surface area contributed by atoms with Crippen LogP contribution in [0.15, 0.2) is 53.4 Å². The number of esters is 1. The molecule has 0 aliphatic rings. The molecule has 0 bridgehead atoms. The lowest BCUT2D eigenvalue weighted by Crippen LogP contribution is -2.16. The molecule has 128 valence electrons. The van der Waals surface area contributed by atoms with E-state index in [2.05, 4.69) is 4.74 Å². The van der Waals surface area contributed by atoms with Gasteiger partial charge in [0.15, 0.2) is 6.10 Å². The van der Waals surface area contributed by atoms with Crippen molar-refractivity contribution < 1.29 is 26.9 Å². The smallest absolute Gasteiger partial charge is 0.339 e. The second kappa shape index (κ2) is 7.46. The number of carbonyl (C=O) groups excluding carboxylic acids is 1. The van der Waals surface area contributed by atoms with Gasteiger partial charge in [-0.05, 0) is 36.8 Å². The van der Waals surface area contributed by atoms with E-state index >= 15 is 0 Å². The Morgan fingerprint density at radius 2 is 1.54 bits per heavy atom.